The van der Waals surface area contributed by atoms with Crippen LogP contribution in [0.3, 0.4) is 0 Å². The maximum Gasteiger partial charge on any atom is 0.235 e. The largest absolute Gasteiger partial charge is 0.299 e. The molecule has 0 atom stereocenters. The molecule has 1 fully saturated rings. The first-order valence-corrected chi connectivity index (χ1v) is 14.2. The Labute approximate surface area is 240 Å². The molecule has 1 N–H and O–H groups in total. The molecule has 6 aromatic rings. The van der Waals surface area contributed by atoms with Gasteiger partial charge in [-0.3, -0.25) is 19.4 Å². The molecule has 40 heavy (non-hydrogen) atoms. The summed E-state index contributed by atoms with van der Waals surface area (Å²) in [6, 6.07) is 25.0. The van der Waals surface area contributed by atoms with Crippen molar-refractivity contribution in [1.82, 2.24) is 39.4 Å². The standard InChI is InChI=1S/C31H27BrN8/c32-27-18-34-31-35-28(25(20-40(27)31)22-6-2-1-3-7-22)23-11-9-21(10-12-23)19-39-16-13-24(14-17-39)29-36-30(38-37-29)26-8-4-5-15-33-26/h1-12,15,18,20,24H,13-14,16-17,19H2,(H,36,37,38). The van der Waals surface area contributed by atoms with Gasteiger partial charge in [0.15, 0.2) is 5.82 Å². The molecule has 5 heterocycles. The van der Waals surface area contributed by atoms with Crippen LogP contribution in [0.1, 0.15) is 30.1 Å². The van der Waals surface area contributed by atoms with Gasteiger partial charge in [-0.1, -0.05) is 60.7 Å². The van der Waals surface area contributed by atoms with Gasteiger partial charge in [-0.15, -0.1) is 0 Å². The SMILES string of the molecule is Brc1cnc2nc(-c3ccc(CN4CCC(c5nc(-c6ccccn6)n[nH]5)CC4)cc3)c(-c3ccccc3)cn12. The Morgan fingerprint density at radius 2 is 1.65 bits per heavy atom. The van der Waals surface area contributed by atoms with E-state index >= 15 is 0 Å². The van der Waals surface area contributed by atoms with E-state index in [1.54, 1.807) is 12.4 Å². The summed E-state index contributed by atoms with van der Waals surface area (Å²) in [4.78, 5) is 21.0. The number of piperidine rings is 1. The Hall–Kier alpha value is -4.21. The molecule has 0 radical (unpaired) electrons. The van der Waals surface area contributed by atoms with Crippen LogP contribution >= 0.6 is 15.9 Å². The lowest BCUT2D eigenvalue weighted by Gasteiger charge is -2.31. The van der Waals surface area contributed by atoms with Gasteiger partial charge in [-0.2, -0.15) is 5.10 Å². The third-order valence-electron chi connectivity index (χ3n) is 7.55. The molecule has 0 aliphatic carbocycles. The first-order chi connectivity index (χ1) is 19.7. The Balaban J connectivity index is 1.05. The number of imidazole rings is 1. The lowest BCUT2D eigenvalue weighted by Crippen LogP contribution is -2.32. The highest BCUT2D eigenvalue weighted by atomic mass is 79.9. The molecule has 0 bridgehead atoms. The highest BCUT2D eigenvalue weighted by Crippen LogP contribution is 2.33. The number of fused-ring (bicyclic) bond motifs is 1. The Morgan fingerprint density at radius 3 is 2.42 bits per heavy atom. The van der Waals surface area contributed by atoms with E-state index in [2.05, 4.69) is 95.7 Å². The molecule has 1 aliphatic heterocycles. The van der Waals surface area contributed by atoms with E-state index in [0.717, 1.165) is 71.0 Å². The highest BCUT2D eigenvalue weighted by molar-refractivity contribution is 9.10. The predicted octanol–water partition coefficient (Wildman–Crippen LogP) is 6.39. The smallest absolute Gasteiger partial charge is 0.235 e. The fraction of sp³-hybridized carbons (Fsp3) is 0.194. The molecule has 0 spiro atoms. The van der Waals surface area contributed by atoms with Crippen LogP contribution in [0.2, 0.25) is 0 Å². The summed E-state index contributed by atoms with van der Waals surface area (Å²) in [6.07, 6.45) is 7.77. The third kappa shape index (κ3) is 4.94. The fourth-order valence-corrected chi connectivity index (χ4v) is 5.75. The molecule has 2 aromatic carbocycles. The van der Waals surface area contributed by atoms with Crippen molar-refractivity contribution in [2.45, 2.75) is 25.3 Å². The minimum atomic E-state index is 0.392. The van der Waals surface area contributed by atoms with Gasteiger partial charge in [0.2, 0.25) is 5.78 Å². The number of H-pyrrole nitrogens is 1. The molecule has 1 aliphatic rings. The number of hydrogen-bond donors (Lipinski definition) is 1. The minimum Gasteiger partial charge on any atom is -0.299 e. The number of likely N-dealkylation sites (tertiary alicyclic amines) is 1. The van der Waals surface area contributed by atoms with E-state index in [0.29, 0.717) is 17.5 Å². The number of nitrogens with one attached hydrogen (secondary N) is 1. The number of hydrogen-bond acceptors (Lipinski definition) is 6. The van der Waals surface area contributed by atoms with Crippen molar-refractivity contribution < 1.29 is 0 Å². The predicted molar refractivity (Wildman–Crippen MR) is 158 cm³/mol. The number of benzene rings is 2. The lowest BCUT2D eigenvalue weighted by atomic mass is 9.95. The zero-order valence-electron chi connectivity index (χ0n) is 21.8. The van der Waals surface area contributed by atoms with Gasteiger partial charge in [-0.05, 0) is 65.1 Å². The monoisotopic (exact) mass is 590 g/mol. The van der Waals surface area contributed by atoms with Gasteiger partial charge < -0.3 is 0 Å². The molecule has 0 amide bonds. The molecule has 198 valence electrons. The average Bonchev–Trinajstić information content (AvgIpc) is 3.65. The van der Waals surface area contributed by atoms with Crippen molar-refractivity contribution in [3.63, 3.8) is 0 Å². The number of pyridine rings is 1. The summed E-state index contributed by atoms with van der Waals surface area (Å²) < 4.78 is 2.86. The summed E-state index contributed by atoms with van der Waals surface area (Å²) >= 11 is 3.58. The first-order valence-electron chi connectivity index (χ1n) is 13.5. The van der Waals surface area contributed by atoms with Gasteiger partial charge in [0, 0.05) is 36.0 Å². The quantitative estimate of drug-likeness (QED) is 0.242. The zero-order valence-corrected chi connectivity index (χ0v) is 23.4. The first kappa shape index (κ1) is 24.8. The molecule has 9 heteroatoms. The van der Waals surface area contributed by atoms with Crippen LogP contribution in [0.5, 0.6) is 0 Å². The molecule has 7 rings (SSSR count). The lowest BCUT2D eigenvalue weighted by molar-refractivity contribution is 0.202. The van der Waals surface area contributed by atoms with Gasteiger partial charge >= 0.3 is 0 Å². The van der Waals surface area contributed by atoms with E-state index in [1.807, 2.05) is 28.7 Å². The molecule has 1 saturated heterocycles. The summed E-state index contributed by atoms with van der Waals surface area (Å²) in [7, 11) is 0. The Bertz CT molecular complexity index is 1740. The summed E-state index contributed by atoms with van der Waals surface area (Å²) in [5, 5.41) is 7.55. The number of rotatable bonds is 6. The second kappa shape index (κ2) is 10.7. The van der Waals surface area contributed by atoms with Crippen LogP contribution in [-0.4, -0.2) is 52.5 Å². The van der Waals surface area contributed by atoms with Crippen molar-refractivity contribution >= 4 is 21.7 Å². The summed E-state index contributed by atoms with van der Waals surface area (Å²) in [5.41, 5.74) is 6.30. The van der Waals surface area contributed by atoms with Crippen LogP contribution < -0.4 is 0 Å². The van der Waals surface area contributed by atoms with E-state index in [-0.39, 0.29) is 0 Å². The second-order valence-corrected chi connectivity index (χ2v) is 10.9. The highest BCUT2D eigenvalue weighted by Gasteiger charge is 2.24. The van der Waals surface area contributed by atoms with Crippen LogP contribution in [0, 0.1) is 0 Å². The molecular weight excluding hydrogens is 564 g/mol. The van der Waals surface area contributed by atoms with E-state index in [1.165, 1.54) is 5.56 Å². The van der Waals surface area contributed by atoms with Crippen molar-refractivity contribution in [1.29, 1.82) is 0 Å². The van der Waals surface area contributed by atoms with Crippen molar-refractivity contribution in [2.24, 2.45) is 0 Å². The van der Waals surface area contributed by atoms with Crippen molar-refractivity contribution in [3.05, 3.63) is 107 Å². The molecule has 0 saturated carbocycles. The normalized spacial score (nSPS) is 14.6. The van der Waals surface area contributed by atoms with Crippen molar-refractivity contribution in [2.75, 3.05) is 13.1 Å². The number of aromatic nitrogens is 7. The van der Waals surface area contributed by atoms with Gasteiger partial charge in [0.1, 0.15) is 16.1 Å². The van der Waals surface area contributed by atoms with E-state index in [9.17, 15) is 0 Å². The van der Waals surface area contributed by atoms with Crippen molar-refractivity contribution in [3.8, 4) is 33.9 Å². The van der Waals surface area contributed by atoms with Crippen LogP contribution in [0.15, 0.2) is 96.0 Å². The third-order valence-corrected chi connectivity index (χ3v) is 8.13. The number of nitrogens with zero attached hydrogens (tertiary/aromatic N) is 7. The zero-order chi connectivity index (χ0) is 26.9. The average molecular weight is 592 g/mol. The minimum absolute atomic E-state index is 0.392. The molecular formula is C31H27BrN8. The summed E-state index contributed by atoms with van der Waals surface area (Å²) in [5.74, 6) is 2.70. The van der Waals surface area contributed by atoms with Gasteiger partial charge in [0.25, 0.3) is 0 Å². The molecule has 0 unspecified atom stereocenters. The van der Waals surface area contributed by atoms with Gasteiger partial charge in [-0.25, -0.2) is 15.0 Å². The van der Waals surface area contributed by atoms with Gasteiger partial charge in [0.05, 0.1) is 11.9 Å². The van der Waals surface area contributed by atoms with E-state index < -0.39 is 0 Å². The van der Waals surface area contributed by atoms with Crippen LogP contribution in [0.4, 0.5) is 0 Å². The molecule has 4 aromatic heterocycles. The maximum absolute atomic E-state index is 4.94. The Kier molecular flexibility index (Phi) is 6.67. The van der Waals surface area contributed by atoms with E-state index in [4.69, 9.17) is 9.97 Å². The topological polar surface area (TPSA) is 87.9 Å². The molecule has 8 nitrogen and oxygen atoms in total. The fourth-order valence-electron chi connectivity index (χ4n) is 5.39. The second-order valence-electron chi connectivity index (χ2n) is 10.1. The summed E-state index contributed by atoms with van der Waals surface area (Å²) in [6.45, 7) is 2.97. The van der Waals surface area contributed by atoms with Crippen LogP contribution in [0.25, 0.3) is 39.7 Å². The maximum atomic E-state index is 4.94. The number of halogens is 1. The van der Waals surface area contributed by atoms with Crippen LogP contribution in [-0.2, 0) is 6.54 Å². The Morgan fingerprint density at radius 1 is 0.850 bits per heavy atom. The number of aromatic amines is 1.